The van der Waals surface area contributed by atoms with E-state index >= 15 is 0 Å². The summed E-state index contributed by atoms with van der Waals surface area (Å²) in [5, 5.41) is 2.00. The second-order valence-electron chi connectivity index (χ2n) is 8.39. The first-order chi connectivity index (χ1) is 17.7. The molecule has 198 valence electrons. The van der Waals surface area contributed by atoms with Crippen molar-refractivity contribution in [3.05, 3.63) is 65.6 Å². The van der Waals surface area contributed by atoms with Gasteiger partial charge in [0.1, 0.15) is 10.9 Å². The highest BCUT2D eigenvalue weighted by molar-refractivity contribution is 8.05. The van der Waals surface area contributed by atoms with Crippen LogP contribution in [0.2, 0.25) is 0 Å². The number of nitrogens with zero attached hydrogens (tertiary/aromatic N) is 4. The first-order valence-corrected chi connectivity index (χ1v) is 14.6. The highest BCUT2D eigenvalue weighted by atomic mass is 32.2. The fraction of sp³-hybridized carbons (Fsp3) is 0.346. The van der Waals surface area contributed by atoms with Gasteiger partial charge in [-0.25, -0.2) is 14.8 Å². The molecule has 0 spiro atoms. The first-order valence-electron chi connectivity index (χ1n) is 11.8. The summed E-state index contributed by atoms with van der Waals surface area (Å²) in [7, 11) is -1.08. The molecule has 0 amide bonds. The molecule has 0 aliphatic carbocycles. The van der Waals surface area contributed by atoms with Crippen LogP contribution in [0.3, 0.4) is 0 Å². The molecular weight excluding hydrogens is 512 g/mol. The minimum atomic E-state index is -4.20. The lowest BCUT2D eigenvalue weighted by atomic mass is 10.0. The summed E-state index contributed by atoms with van der Waals surface area (Å²) in [6.07, 6.45) is 3.50. The number of anilines is 1. The molecular formula is C26H32N4O5S2. The van der Waals surface area contributed by atoms with Crippen LogP contribution in [0.15, 0.2) is 53.6 Å². The molecule has 1 aromatic heterocycles. The molecule has 9 nitrogen and oxygen atoms in total. The smallest absolute Gasteiger partial charge is 0.357 e. The van der Waals surface area contributed by atoms with Crippen molar-refractivity contribution in [2.45, 2.75) is 38.3 Å². The summed E-state index contributed by atoms with van der Waals surface area (Å²) in [4.78, 5) is 28.8. The number of sulfonamides is 1. The monoisotopic (exact) mass is 544 g/mol. The molecule has 2 aromatic carbocycles. The number of aromatic nitrogens is 2. The van der Waals surface area contributed by atoms with E-state index in [0.29, 0.717) is 28.5 Å². The van der Waals surface area contributed by atoms with E-state index in [1.807, 2.05) is 41.2 Å². The van der Waals surface area contributed by atoms with Gasteiger partial charge in [0.2, 0.25) is 0 Å². The average Bonchev–Trinajstić information content (AvgIpc) is 3.22. The van der Waals surface area contributed by atoms with Crippen LogP contribution in [0.25, 0.3) is 11.1 Å². The lowest BCUT2D eigenvalue weighted by Crippen LogP contribution is -2.42. The van der Waals surface area contributed by atoms with Gasteiger partial charge in [-0.05, 0) is 36.8 Å². The molecule has 0 atom stereocenters. The number of imidazole rings is 1. The van der Waals surface area contributed by atoms with Crippen LogP contribution in [-0.4, -0.2) is 61.5 Å². The number of aryl methyl sites for hydroxylation is 1. The third-order valence-electron chi connectivity index (χ3n) is 5.59. The Hall–Kier alpha value is -3.15. The molecule has 11 heteroatoms. The van der Waals surface area contributed by atoms with Gasteiger partial charge in [-0.3, -0.25) is 4.79 Å². The Bertz CT molecular complexity index is 1350. The van der Waals surface area contributed by atoms with Crippen molar-refractivity contribution in [2.24, 2.45) is 0 Å². The zero-order valence-corrected chi connectivity index (χ0v) is 23.3. The highest BCUT2D eigenvalue weighted by Crippen LogP contribution is 2.33. The van der Waals surface area contributed by atoms with E-state index in [9.17, 15) is 18.0 Å². The zero-order valence-electron chi connectivity index (χ0n) is 21.7. The Morgan fingerprint density at radius 2 is 1.78 bits per heavy atom. The van der Waals surface area contributed by atoms with Crippen LogP contribution in [-0.2, 0) is 32.5 Å². The maximum absolute atomic E-state index is 12.8. The molecule has 0 saturated heterocycles. The van der Waals surface area contributed by atoms with Crippen molar-refractivity contribution >= 4 is 39.1 Å². The number of carbonyl (C=O) groups excluding carboxylic acids is 2. The zero-order chi connectivity index (χ0) is 27.2. The summed E-state index contributed by atoms with van der Waals surface area (Å²) in [6.45, 7) is 4.55. The van der Waals surface area contributed by atoms with Crippen molar-refractivity contribution in [3.63, 3.8) is 0 Å². The number of ether oxygens (including phenoxy) is 1. The van der Waals surface area contributed by atoms with Crippen molar-refractivity contribution in [1.29, 1.82) is 0 Å². The molecule has 0 aliphatic rings. The summed E-state index contributed by atoms with van der Waals surface area (Å²) in [5.41, 5.74) is 3.13. The molecule has 0 fully saturated rings. The number of para-hydroxylation sites is 1. The molecule has 3 aromatic rings. The molecule has 37 heavy (non-hydrogen) atoms. The van der Waals surface area contributed by atoms with E-state index in [2.05, 4.69) is 6.92 Å². The third kappa shape index (κ3) is 6.23. The second-order valence-corrected chi connectivity index (χ2v) is 10.8. The van der Waals surface area contributed by atoms with Crippen molar-refractivity contribution in [2.75, 3.05) is 31.4 Å². The highest BCUT2D eigenvalue weighted by Gasteiger charge is 2.27. The maximum Gasteiger partial charge on any atom is 0.357 e. The predicted octanol–water partition coefficient (Wildman–Crippen LogP) is 4.25. The van der Waals surface area contributed by atoms with Gasteiger partial charge in [0.05, 0.1) is 12.3 Å². The number of hydrazine groups is 1. The number of hydrogen-bond acceptors (Lipinski definition) is 8. The number of carbonyl (C=O) groups is 2. The molecule has 0 N–H and O–H groups in total. The van der Waals surface area contributed by atoms with Gasteiger partial charge >= 0.3 is 16.0 Å². The van der Waals surface area contributed by atoms with Gasteiger partial charge in [0, 0.05) is 32.6 Å². The Morgan fingerprint density at radius 3 is 2.35 bits per heavy atom. The van der Waals surface area contributed by atoms with Gasteiger partial charge in [-0.15, -0.1) is 11.8 Å². The number of rotatable bonds is 12. The van der Waals surface area contributed by atoms with Gasteiger partial charge in [-0.1, -0.05) is 49.4 Å². The summed E-state index contributed by atoms with van der Waals surface area (Å²) >= 11 is 1.42. The molecule has 0 aliphatic heterocycles. The number of hydrogen-bond donors (Lipinski definition) is 0. The van der Waals surface area contributed by atoms with Crippen LogP contribution in [0.1, 0.15) is 42.1 Å². The average molecular weight is 545 g/mol. The van der Waals surface area contributed by atoms with Crippen molar-refractivity contribution < 1.29 is 22.7 Å². The summed E-state index contributed by atoms with van der Waals surface area (Å²) < 4.78 is 33.2. The van der Waals surface area contributed by atoms with E-state index in [-0.39, 0.29) is 12.2 Å². The Morgan fingerprint density at radius 1 is 1.11 bits per heavy atom. The number of benzene rings is 2. The lowest BCUT2D eigenvalue weighted by Gasteiger charge is -2.29. The fourth-order valence-corrected chi connectivity index (χ4v) is 5.63. The van der Waals surface area contributed by atoms with E-state index in [0.717, 1.165) is 34.2 Å². The number of esters is 1. The molecule has 0 unspecified atom stereocenters. The normalized spacial score (nSPS) is 11.5. The van der Waals surface area contributed by atoms with Crippen LogP contribution >= 0.6 is 11.8 Å². The van der Waals surface area contributed by atoms with E-state index < -0.39 is 16.0 Å². The van der Waals surface area contributed by atoms with E-state index in [1.54, 1.807) is 39.2 Å². The minimum Gasteiger partial charge on any atom is -0.461 e. The van der Waals surface area contributed by atoms with E-state index in [4.69, 9.17) is 9.72 Å². The third-order valence-corrected chi connectivity index (χ3v) is 7.51. The van der Waals surface area contributed by atoms with Crippen LogP contribution in [0.4, 0.5) is 5.69 Å². The summed E-state index contributed by atoms with van der Waals surface area (Å²) in [5.74, 6) is 0.428. The van der Waals surface area contributed by atoms with Gasteiger partial charge < -0.3 is 9.30 Å². The summed E-state index contributed by atoms with van der Waals surface area (Å²) in [6, 6.07) is 14.7. The standard InChI is InChI=1S/C26H32N4O5S2/c1-6-10-23-27-25(36-5)24(26(32)35-7-2)29(23)17-19-13-15-20(16-14-19)21-11-8-9-12-22(21)30(28(3)4)37(33,34)18-31/h8-9,11-16,18H,6-7,10,17H2,1-5H3. The van der Waals surface area contributed by atoms with Crippen LogP contribution in [0.5, 0.6) is 0 Å². The second kappa shape index (κ2) is 12.4. The Labute approximate surface area is 222 Å². The first kappa shape index (κ1) is 28.4. The molecule has 3 rings (SSSR count). The minimum absolute atomic E-state index is 0.0597. The topological polar surface area (TPSA) is 102 Å². The molecule has 0 radical (unpaired) electrons. The van der Waals surface area contributed by atoms with Crippen LogP contribution < -0.4 is 4.41 Å². The van der Waals surface area contributed by atoms with Crippen molar-refractivity contribution in [1.82, 2.24) is 14.6 Å². The Kier molecular flexibility index (Phi) is 9.52. The van der Waals surface area contributed by atoms with Crippen LogP contribution in [0, 0.1) is 0 Å². The SMILES string of the molecule is CCCc1nc(SC)c(C(=O)OCC)n1Cc1ccc(-c2ccccc2N(N(C)C)S(=O)(=O)C=O)cc1. The van der Waals surface area contributed by atoms with E-state index in [1.165, 1.54) is 16.8 Å². The molecule has 0 saturated carbocycles. The maximum atomic E-state index is 12.8. The fourth-order valence-electron chi connectivity index (χ4n) is 4.08. The lowest BCUT2D eigenvalue weighted by molar-refractivity contribution is 0.0509. The van der Waals surface area contributed by atoms with Gasteiger partial charge in [-0.2, -0.15) is 12.8 Å². The Balaban J connectivity index is 2.02. The molecule has 0 bridgehead atoms. The van der Waals surface area contributed by atoms with Gasteiger partial charge in [0.15, 0.2) is 5.69 Å². The van der Waals surface area contributed by atoms with Gasteiger partial charge in [0.25, 0.3) is 5.62 Å². The quantitative estimate of drug-likeness (QED) is 0.144. The van der Waals surface area contributed by atoms with Crippen molar-refractivity contribution in [3.8, 4) is 11.1 Å². The largest absolute Gasteiger partial charge is 0.461 e. The number of thioether (sulfide) groups is 1. The molecule has 1 heterocycles. The predicted molar refractivity (Wildman–Crippen MR) is 147 cm³/mol.